The first-order valence-corrected chi connectivity index (χ1v) is 14.0. The van der Waals surface area contributed by atoms with Gasteiger partial charge in [0.1, 0.15) is 22.1 Å². The molecule has 15 heteroatoms. The molecule has 1 fully saturated rings. The van der Waals surface area contributed by atoms with Crippen LogP contribution in [0.2, 0.25) is 0 Å². The lowest BCUT2D eigenvalue weighted by molar-refractivity contribution is -0.151. The van der Waals surface area contributed by atoms with Crippen LogP contribution in [0, 0.1) is 13.8 Å². The fourth-order valence-electron chi connectivity index (χ4n) is 3.85. The first kappa shape index (κ1) is 26.2. The number of hydrogen-bond donors (Lipinski definition) is 2. The number of amides is 2. The van der Waals surface area contributed by atoms with E-state index in [0.717, 1.165) is 5.01 Å². The molecule has 198 valence electrons. The van der Waals surface area contributed by atoms with Crippen molar-refractivity contribution in [2.24, 2.45) is 0 Å². The zero-order chi connectivity index (χ0) is 27.0. The molecule has 0 spiro atoms. The molecule has 0 radical (unpaired) electrons. The second-order valence-corrected chi connectivity index (χ2v) is 11.7. The van der Waals surface area contributed by atoms with E-state index in [-0.39, 0.29) is 11.5 Å². The van der Waals surface area contributed by atoms with Crippen LogP contribution >= 0.6 is 34.9 Å². The van der Waals surface area contributed by atoms with Gasteiger partial charge >= 0.3 is 17.7 Å². The number of rotatable bonds is 8. The highest BCUT2D eigenvalue weighted by Crippen LogP contribution is 2.42. The standard InChI is InChI=1S/C23H20N4O8S3/c1-10-21(35-23(32)33-10)34-20(31)15-13(9-37-22-26-25-11(2)38-22)8-36-19-14(18(30)27(15)19)24-17(29)16(28)12-6-4-3-5-7-12/h3-7,14,16,19,28H,8-9H2,1-2H3,(H,24,29). The third-order valence-corrected chi connectivity index (χ3v) is 9.06. The summed E-state index contributed by atoms with van der Waals surface area (Å²) in [6.07, 6.45) is -1.46. The summed E-state index contributed by atoms with van der Waals surface area (Å²) in [6.45, 7) is 3.22. The minimum absolute atomic E-state index is 0.00940. The maximum atomic E-state index is 13.3. The lowest BCUT2D eigenvalue weighted by Gasteiger charge is -2.49. The van der Waals surface area contributed by atoms with Crippen LogP contribution in [0.1, 0.15) is 22.4 Å². The average molecular weight is 577 g/mol. The number of aryl methyl sites for hydroxylation is 2. The van der Waals surface area contributed by atoms with Crippen LogP contribution in [0.3, 0.4) is 0 Å². The van der Waals surface area contributed by atoms with Crippen molar-refractivity contribution in [3.8, 4) is 5.95 Å². The molecule has 3 atom stereocenters. The summed E-state index contributed by atoms with van der Waals surface area (Å²) in [5.74, 6) is -2.97. The Morgan fingerprint density at radius 3 is 2.66 bits per heavy atom. The summed E-state index contributed by atoms with van der Waals surface area (Å²) in [6, 6.07) is 7.38. The van der Waals surface area contributed by atoms with Gasteiger partial charge in [0, 0.05) is 18.4 Å². The van der Waals surface area contributed by atoms with Crippen molar-refractivity contribution in [2.45, 2.75) is 35.7 Å². The van der Waals surface area contributed by atoms with E-state index in [1.165, 1.54) is 46.7 Å². The maximum Gasteiger partial charge on any atom is 0.521 e. The molecule has 0 bridgehead atoms. The van der Waals surface area contributed by atoms with Crippen LogP contribution < -0.4 is 15.9 Å². The molecule has 1 aromatic carbocycles. The molecule has 2 aliphatic rings. The number of aliphatic hydroxyl groups is 1. The fraction of sp³-hybridized carbons (Fsp3) is 0.304. The van der Waals surface area contributed by atoms with Gasteiger partial charge in [-0.1, -0.05) is 53.4 Å². The number of carbonyl (C=O) groups excluding carboxylic acids is 3. The molecule has 3 unspecified atom stereocenters. The Morgan fingerprint density at radius 1 is 1.24 bits per heavy atom. The Bertz CT molecular complexity index is 1480. The number of nitrogens with one attached hydrogen (secondary N) is 1. The number of hydrogen-bond acceptors (Lipinski definition) is 13. The fourth-order valence-corrected chi connectivity index (χ4v) is 7.15. The number of aliphatic hydroxyl groups excluding tert-OH is 1. The van der Waals surface area contributed by atoms with Crippen molar-refractivity contribution >= 4 is 52.6 Å². The van der Waals surface area contributed by atoms with Crippen molar-refractivity contribution in [3.63, 3.8) is 0 Å². The van der Waals surface area contributed by atoms with Gasteiger partial charge in [-0.3, -0.25) is 14.5 Å². The first-order valence-electron chi connectivity index (χ1n) is 11.2. The number of β-lactam (4-membered cyclic amide) rings is 1. The van der Waals surface area contributed by atoms with E-state index in [2.05, 4.69) is 15.5 Å². The summed E-state index contributed by atoms with van der Waals surface area (Å²) >= 11 is 4.12. The number of ether oxygens (including phenoxy) is 1. The van der Waals surface area contributed by atoms with Crippen LogP contribution in [0.4, 0.5) is 0 Å². The molecule has 0 saturated carbocycles. The van der Waals surface area contributed by atoms with Crippen molar-refractivity contribution < 1.29 is 33.1 Å². The third-order valence-electron chi connectivity index (χ3n) is 5.66. The summed E-state index contributed by atoms with van der Waals surface area (Å²) in [5.41, 5.74) is 0.974. The Morgan fingerprint density at radius 2 is 2.00 bits per heavy atom. The second-order valence-electron chi connectivity index (χ2n) is 8.22. The van der Waals surface area contributed by atoms with Gasteiger partial charge in [-0.25, -0.2) is 9.59 Å². The summed E-state index contributed by atoms with van der Waals surface area (Å²) in [5, 5.41) is 21.2. The Kier molecular flexibility index (Phi) is 7.43. The predicted octanol–water partition coefficient (Wildman–Crippen LogP) is 1.79. The van der Waals surface area contributed by atoms with Crippen molar-refractivity contribution in [1.82, 2.24) is 20.4 Å². The highest BCUT2D eigenvalue weighted by Gasteiger charge is 2.55. The van der Waals surface area contributed by atoms with Crippen molar-refractivity contribution in [2.75, 3.05) is 11.5 Å². The number of carbonyl (C=O) groups is 3. The molecule has 38 heavy (non-hydrogen) atoms. The number of nitrogens with zero attached hydrogens (tertiary/aromatic N) is 3. The first-order chi connectivity index (χ1) is 18.2. The van der Waals surface area contributed by atoms with Crippen LogP contribution in [0.5, 0.6) is 5.95 Å². The second kappa shape index (κ2) is 10.8. The van der Waals surface area contributed by atoms with E-state index in [0.29, 0.717) is 27.0 Å². The largest absolute Gasteiger partial charge is 0.521 e. The van der Waals surface area contributed by atoms with E-state index in [1.54, 1.807) is 30.3 Å². The van der Waals surface area contributed by atoms with E-state index < -0.39 is 47.1 Å². The molecule has 2 N–H and O–H groups in total. The van der Waals surface area contributed by atoms with Gasteiger partial charge < -0.3 is 24.0 Å². The van der Waals surface area contributed by atoms with E-state index >= 15 is 0 Å². The van der Waals surface area contributed by atoms with Gasteiger partial charge in [0.15, 0.2) is 16.2 Å². The zero-order valence-corrected chi connectivity index (χ0v) is 22.4. The van der Waals surface area contributed by atoms with Gasteiger partial charge in [0.25, 0.3) is 11.8 Å². The Balaban J connectivity index is 1.37. The van der Waals surface area contributed by atoms with E-state index in [4.69, 9.17) is 13.6 Å². The molecule has 12 nitrogen and oxygen atoms in total. The number of esters is 1. The van der Waals surface area contributed by atoms with E-state index in [9.17, 15) is 24.3 Å². The molecule has 0 aliphatic carbocycles. The lowest BCUT2D eigenvalue weighted by Crippen LogP contribution is -2.71. The maximum absolute atomic E-state index is 13.3. The van der Waals surface area contributed by atoms with Crippen LogP contribution in [-0.4, -0.2) is 60.9 Å². The quantitative estimate of drug-likeness (QED) is 0.227. The van der Waals surface area contributed by atoms with Crippen molar-refractivity contribution in [3.05, 3.63) is 68.6 Å². The molecule has 3 aromatic rings. The van der Waals surface area contributed by atoms with Gasteiger partial charge in [-0.05, 0) is 18.1 Å². The lowest BCUT2D eigenvalue weighted by atomic mass is 10.0. The summed E-state index contributed by atoms with van der Waals surface area (Å²) < 4.78 is 15.5. The normalized spacial score (nSPS) is 19.6. The minimum atomic E-state index is -1.46. The highest BCUT2D eigenvalue weighted by atomic mass is 32.2. The number of benzene rings is 1. The molecule has 4 heterocycles. The van der Waals surface area contributed by atoms with Crippen LogP contribution in [0.15, 0.2) is 59.6 Å². The minimum Gasteiger partial charge on any atom is -0.392 e. The monoisotopic (exact) mass is 576 g/mol. The molecule has 2 amide bonds. The average Bonchev–Trinajstić information content (AvgIpc) is 3.47. The van der Waals surface area contributed by atoms with Crippen LogP contribution in [0.25, 0.3) is 0 Å². The number of fused-ring (bicyclic) bond motifs is 1. The number of aromatic nitrogens is 2. The summed E-state index contributed by atoms with van der Waals surface area (Å²) in [4.78, 5) is 51.8. The Labute approximate surface area is 227 Å². The molecular formula is C23H20N4O8S3. The molecular weight excluding hydrogens is 556 g/mol. The molecule has 2 aromatic heterocycles. The predicted molar refractivity (Wildman–Crippen MR) is 136 cm³/mol. The SMILES string of the molecule is Cc1nnc(SCC2=C(C(=O)Oc3oc(=O)oc3C)N3C(=O)C(NC(=O)C(O)c4ccccc4)C3SC2)s1. The third kappa shape index (κ3) is 5.14. The van der Waals surface area contributed by atoms with Crippen LogP contribution in [-0.2, 0) is 14.4 Å². The van der Waals surface area contributed by atoms with Gasteiger partial charge in [-0.2, -0.15) is 0 Å². The van der Waals surface area contributed by atoms with Gasteiger partial charge in [0.2, 0.25) is 0 Å². The summed E-state index contributed by atoms with van der Waals surface area (Å²) in [7, 11) is 0. The van der Waals surface area contributed by atoms with E-state index in [1.807, 2.05) is 6.92 Å². The van der Waals surface area contributed by atoms with Gasteiger partial charge in [0.05, 0.1) is 0 Å². The molecule has 1 saturated heterocycles. The topological polar surface area (TPSA) is 165 Å². The smallest absolute Gasteiger partial charge is 0.392 e. The molecule has 5 rings (SSSR count). The highest BCUT2D eigenvalue weighted by molar-refractivity contribution is 8.01. The number of thioether (sulfide) groups is 2. The Hall–Kier alpha value is -3.40. The molecule has 2 aliphatic heterocycles. The zero-order valence-electron chi connectivity index (χ0n) is 19.9. The van der Waals surface area contributed by atoms with Gasteiger partial charge in [-0.15, -0.1) is 22.0 Å². The van der Waals surface area contributed by atoms with Crippen molar-refractivity contribution in [1.29, 1.82) is 0 Å².